The SMILES string of the molecule is CCC1c2cc(C=O)cnc2-c2cccc([N+](=O)[O-])c2N1C. The molecule has 112 valence electrons. The van der Waals surface area contributed by atoms with Crippen LogP contribution in [0.2, 0.25) is 0 Å². The van der Waals surface area contributed by atoms with E-state index in [1.807, 2.05) is 31.0 Å². The van der Waals surface area contributed by atoms with Crippen LogP contribution < -0.4 is 4.90 Å². The molecule has 0 spiro atoms. The molecule has 1 aliphatic rings. The van der Waals surface area contributed by atoms with E-state index in [-0.39, 0.29) is 16.7 Å². The van der Waals surface area contributed by atoms with Crippen molar-refractivity contribution >= 4 is 17.7 Å². The Balaban J connectivity index is 2.33. The number of aromatic nitrogens is 1. The molecule has 1 aromatic carbocycles. The largest absolute Gasteiger partial charge is 0.361 e. The summed E-state index contributed by atoms with van der Waals surface area (Å²) in [5, 5.41) is 11.3. The monoisotopic (exact) mass is 297 g/mol. The first-order valence-corrected chi connectivity index (χ1v) is 7.04. The highest BCUT2D eigenvalue weighted by atomic mass is 16.6. The molecule has 1 aromatic heterocycles. The van der Waals surface area contributed by atoms with Crippen molar-refractivity contribution in [2.75, 3.05) is 11.9 Å². The van der Waals surface area contributed by atoms with Crippen molar-refractivity contribution in [1.29, 1.82) is 0 Å². The molecule has 2 heterocycles. The Labute approximate surface area is 127 Å². The second-order valence-electron chi connectivity index (χ2n) is 5.29. The highest BCUT2D eigenvalue weighted by Crippen LogP contribution is 2.48. The molecule has 6 heteroatoms. The normalized spacial score (nSPS) is 15.9. The quantitative estimate of drug-likeness (QED) is 0.493. The summed E-state index contributed by atoms with van der Waals surface area (Å²) in [6, 6.07) is 6.78. The minimum Gasteiger partial charge on any atom is -0.361 e. The van der Waals surface area contributed by atoms with Gasteiger partial charge in [-0.1, -0.05) is 19.1 Å². The topological polar surface area (TPSA) is 76.3 Å². The molecular weight excluding hydrogens is 282 g/mol. The molecule has 0 N–H and O–H groups in total. The van der Waals surface area contributed by atoms with E-state index in [9.17, 15) is 14.9 Å². The van der Waals surface area contributed by atoms with Crippen LogP contribution in [0.5, 0.6) is 0 Å². The van der Waals surface area contributed by atoms with Crippen LogP contribution in [0.4, 0.5) is 11.4 Å². The molecule has 0 saturated heterocycles. The van der Waals surface area contributed by atoms with Gasteiger partial charge in [0.15, 0.2) is 6.29 Å². The average Bonchev–Trinajstić information content (AvgIpc) is 2.54. The number of anilines is 1. The van der Waals surface area contributed by atoms with Crippen molar-refractivity contribution in [3.63, 3.8) is 0 Å². The Bertz CT molecular complexity index is 773. The highest BCUT2D eigenvalue weighted by molar-refractivity contribution is 5.89. The molecule has 2 aromatic rings. The lowest BCUT2D eigenvalue weighted by Gasteiger charge is -2.36. The maximum absolute atomic E-state index is 11.3. The fraction of sp³-hybridized carbons (Fsp3) is 0.250. The van der Waals surface area contributed by atoms with E-state index >= 15 is 0 Å². The second-order valence-corrected chi connectivity index (χ2v) is 5.29. The third-order valence-corrected chi connectivity index (χ3v) is 4.11. The van der Waals surface area contributed by atoms with E-state index in [0.717, 1.165) is 23.8 Å². The van der Waals surface area contributed by atoms with Gasteiger partial charge in [0.05, 0.1) is 16.7 Å². The number of hydrogen-bond donors (Lipinski definition) is 0. The summed E-state index contributed by atoms with van der Waals surface area (Å²) in [5.41, 5.74) is 3.55. The van der Waals surface area contributed by atoms with Gasteiger partial charge in [-0.3, -0.25) is 19.9 Å². The van der Waals surface area contributed by atoms with Crippen molar-refractivity contribution in [2.24, 2.45) is 0 Å². The maximum Gasteiger partial charge on any atom is 0.293 e. The molecule has 1 aliphatic heterocycles. The van der Waals surface area contributed by atoms with Gasteiger partial charge in [-0.05, 0) is 12.5 Å². The number of carbonyl (C=O) groups excluding carboxylic acids is 1. The molecule has 6 nitrogen and oxygen atoms in total. The van der Waals surface area contributed by atoms with Crippen molar-refractivity contribution in [1.82, 2.24) is 4.98 Å². The molecule has 1 atom stereocenters. The van der Waals surface area contributed by atoms with Crippen LogP contribution in [0.3, 0.4) is 0 Å². The Morgan fingerprint density at radius 1 is 1.45 bits per heavy atom. The number of pyridine rings is 1. The van der Waals surface area contributed by atoms with Crippen molar-refractivity contribution in [3.8, 4) is 11.3 Å². The summed E-state index contributed by atoms with van der Waals surface area (Å²) in [6.07, 6.45) is 3.04. The zero-order valence-electron chi connectivity index (χ0n) is 12.3. The number of nitro groups is 1. The smallest absolute Gasteiger partial charge is 0.293 e. The summed E-state index contributed by atoms with van der Waals surface area (Å²) >= 11 is 0. The Morgan fingerprint density at radius 3 is 2.86 bits per heavy atom. The standard InChI is InChI=1S/C16H15N3O3/c1-3-13-12-7-10(9-20)8-17-15(12)11-5-4-6-14(19(21)22)16(11)18(13)2/h4-9,13H,3H2,1-2H3. The van der Waals surface area contributed by atoms with Gasteiger partial charge >= 0.3 is 0 Å². The zero-order valence-corrected chi connectivity index (χ0v) is 12.3. The van der Waals surface area contributed by atoms with Crippen LogP contribution in [0.25, 0.3) is 11.3 Å². The number of nitro benzene ring substituents is 1. The van der Waals surface area contributed by atoms with E-state index in [1.54, 1.807) is 6.07 Å². The minimum absolute atomic E-state index is 0.0454. The van der Waals surface area contributed by atoms with Gasteiger partial charge in [0.2, 0.25) is 0 Å². The predicted octanol–water partition coefficient (Wildman–Crippen LogP) is 3.37. The molecule has 0 radical (unpaired) electrons. The minimum atomic E-state index is -0.368. The third-order valence-electron chi connectivity index (χ3n) is 4.11. The molecule has 3 rings (SSSR count). The fourth-order valence-electron chi connectivity index (χ4n) is 3.14. The molecule has 0 aliphatic carbocycles. The van der Waals surface area contributed by atoms with Gasteiger partial charge < -0.3 is 4.90 Å². The number of carbonyl (C=O) groups is 1. The van der Waals surface area contributed by atoms with E-state index < -0.39 is 0 Å². The second kappa shape index (κ2) is 5.22. The van der Waals surface area contributed by atoms with Gasteiger partial charge in [0.1, 0.15) is 5.69 Å². The summed E-state index contributed by atoms with van der Waals surface area (Å²) in [6.45, 7) is 2.01. The van der Waals surface area contributed by atoms with E-state index in [4.69, 9.17) is 0 Å². The number of nitrogens with zero attached hydrogens (tertiary/aromatic N) is 3. The maximum atomic E-state index is 11.3. The van der Waals surface area contributed by atoms with Gasteiger partial charge in [-0.2, -0.15) is 0 Å². The first-order valence-electron chi connectivity index (χ1n) is 7.04. The van der Waals surface area contributed by atoms with E-state index in [0.29, 0.717) is 16.9 Å². The first kappa shape index (κ1) is 14.2. The van der Waals surface area contributed by atoms with Crippen LogP contribution in [-0.2, 0) is 0 Å². The van der Waals surface area contributed by atoms with Crippen LogP contribution >= 0.6 is 0 Å². The summed E-state index contributed by atoms with van der Waals surface area (Å²) in [5.74, 6) is 0. The van der Waals surface area contributed by atoms with Crippen LogP contribution in [0.1, 0.15) is 35.3 Å². The average molecular weight is 297 g/mol. The van der Waals surface area contributed by atoms with Crippen LogP contribution in [-0.4, -0.2) is 23.2 Å². The third kappa shape index (κ3) is 1.95. The van der Waals surface area contributed by atoms with Crippen LogP contribution in [0, 0.1) is 10.1 Å². The highest BCUT2D eigenvalue weighted by Gasteiger charge is 2.33. The molecule has 0 bridgehead atoms. The Morgan fingerprint density at radius 2 is 2.23 bits per heavy atom. The van der Waals surface area contributed by atoms with Gasteiger partial charge in [0.25, 0.3) is 5.69 Å². The number of rotatable bonds is 3. The number of hydrogen-bond acceptors (Lipinski definition) is 5. The predicted molar refractivity (Wildman–Crippen MR) is 83.1 cm³/mol. The van der Waals surface area contributed by atoms with Crippen LogP contribution in [0.15, 0.2) is 30.5 Å². The fourth-order valence-corrected chi connectivity index (χ4v) is 3.14. The van der Waals surface area contributed by atoms with Crippen molar-refractivity contribution in [3.05, 3.63) is 51.7 Å². The first-order chi connectivity index (χ1) is 10.6. The summed E-state index contributed by atoms with van der Waals surface area (Å²) < 4.78 is 0. The Hall–Kier alpha value is -2.76. The van der Waals surface area contributed by atoms with Gasteiger partial charge in [-0.25, -0.2) is 0 Å². The van der Waals surface area contributed by atoms with Gasteiger partial charge in [0, 0.05) is 36.0 Å². The van der Waals surface area contributed by atoms with E-state index in [1.165, 1.54) is 12.3 Å². The zero-order chi connectivity index (χ0) is 15.9. The summed E-state index contributed by atoms with van der Waals surface area (Å²) in [4.78, 5) is 28.3. The molecule has 22 heavy (non-hydrogen) atoms. The summed E-state index contributed by atoms with van der Waals surface area (Å²) in [7, 11) is 1.84. The number of benzene rings is 1. The molecule has 0 amide bonds. The molecule has 0 fully saturated rings. The lowest BCUT2D eigenvalue weighted by molar-refractivity contribution is -0.384. The van der Waals surface area contributed by atoms with Crippen molar-refractivity contribution in [2.45, 2.75) is 19.4 Å². The molecule has 1 unspecified atom stereocenters. The lowest BCUT2D eigenvalue weighted by Crippen LogP contribution is -2.29. The number of para-hydroxylation sites is 1. The lowest BCUT2D eigenvalue weighted by atomic mass is 9.89. The Kier molecular flexibility index (Phi) is 3.36. The molecular formula is C16H15N3O3. The number of aldehydes is 1. The van der Waals surface area contributed by atoms with Crippen molar-refractivity contribution < 1.29 is 9.72 Å². The number of fused-ring (bicyclic) bond motifs is 3. The van der Waals surface area contributed by atoms with E-state index in [2.05, 4.69) is 4.98 Å². The molecule has 0 saturated carbocycles. The van der Waals surface area contributed by atoms with Gasteiger partial charge in [-0.15, -0.1) is 0 Å².